The van der Waals surface area contributed by atoms with Gasteiger partial charge in [0.05, 0.1) is 6.04 Å². The number of hydrogen-bond acceptors (Lipinski definition) is 3. The van der Waals surface area contributed by atoms with Gasteiger partial charge in [-0.15, -0.1) is 11.8 Å². The van der Waals surface area contributed by atoms with Gasteiger partial charge in [-0.3, -0.25) is 4.79 Å². The first kappa shape index (κ1) is 13.9. The molecule has 0 unspecified atom stereocenters. The Kier molecular flexibility index (Phi) is 4.61. The predicted octanol–water partition coefficient (Wildman–Crippen LogP) is 3.80. The van der Waals surface area contributed by atoms with Gasteiger partial charge in [-0.25, -0.2) is 4.98 Å². The second-order valence-corrected chi connectivity index (χ2v) is 7.07. The van der Waals surface area contributed by atoms with Crippen LogP contribution in [0.3, 0.4) is 0 Å². The molecule has 108 valence electrons. The molecule has 0 bridgehead atoms. The van der Waals surface area contributed by atoms with Crippen LogP contribution in [0.25, 0.3) is 0 Å². The summed E-state index contributed by atoms with van der Waals surface area (Å²) in [5, 5.41) is 1.86. The average molecular weight is 290 g/mol. The molecular weight excluding hydrogens is 268 g/mol. The highest BCUT2D eigenvalue weighted by atomic mass is 32.2. The highest BCUT2D eigenvalue weighted by Gasteiger charge is 2.28. The minimum atomic E-state index is 0.243. The van der Waals surface area contributed by atoms with Crippen molar-refractivity contribution in [1.29, 1.82) is 0 Å². The summed E-state index contributed by atoms with van der Waals surface area (Å²) >= 11 is 1.94. The van der Waals surface area contributed by atoms with Crippen molar-refractivity contribution in [1.82, 2.24) is 9.88 Å². The van der Waals surface area contributed by atoms with Crippen LogP contribution >= 0.6 is 11.8 Å². The van der Waals surface area contributed by atoms with Crippen LogP contribution in [-0.4, -0.2) is 28.1 Å². The third kappa shape index (κ3) is 3.00. The van der Waals surface area contributed by atoms with E-state index in [2.05, 4.69) is 11.1 Å². The first-order valence-electron chi connectivity index (χ1n) is 7.71. The van der Waals surface area contributed by atoms with Crippen molar-refractivity contribution >= 4 is 18.2 Å². The maximum atomic E-state index is 11.2. The van der Waals surface area contributed by atoms with E-state index in [1.807, 2.05) is 28.9 Å². The lowest BCUT2D eigenvalue weighted by atomic mass is 10.0. The van der Waals surface area contributed by atoms with Crippen molar-refractivity contribution < 1.29 is 4.79 Å². The third-order valence-electron chi connectivity index (χ3n) is 4.42. The van der Waals surface area contributed by atoms with Gasteiger partial charge in [0.1, 0.15) is 5.03 Å². The predicted molar refractivity (Wildman–Crippen MR) is 81.7 cm³/mol. The molecule has 1 aliphatic heterocycles. The highest BCUT2D eigenvalue weighted by molar-refractivity contribution is 7.99. The van der Waals surface area contributed by atoms with Gasteiger partial charge in [0.2, 0.25) is 6.41 Å². The molecule has 2 heterocycles. The summed E-state index contributed by atoms with van der Waals surface area (Å²) in [6.07, 6.45) is 11.8. The molecule has 20 heavy (non-hydrogen) atoms. The van der Waals surface area contributed by atoms with Crippen LogP contribution in [0.5, 0.6) is 0 Å². The Labute approximate surface area is 125 Å². The van der Waals surface area contributed by atoms with Crippen molar-refractivity contribution in [3.05, 3.63) is 23.9 Å². The maximum Gasteiger partial charge on any atom is 0.210 e. The molecule has 2 aliphatic rings. The molecule has 0 spiro atoms. The van der Waals surface area contributed by atoms with Crippen LogP contribution in [0.15, 0.2) is 23.4 Å². The molecule has 0 aromatic carbocycles. The van der Waals surface area contributed by atoms with E-state index in [0.29, 0.717) is 5.25 Å². The fourth-order valence-electron chi connectivity index (χ4n) is 3.35. The number of nitrogens with zero attached hydrogens (tertiary/aromatic N) is 2. The lowest BCUT2D eigenvalue weighted by molar-refractivity contribution is -0.118. The van der Waals surface area contributed by atoms with E-state index in [-0.39, 0.29) is 6.04 Å². The van der Waals surface area contributed by atoms with Gasteiger partial charge in [0, 0.05) is 23.6 Å². The highest BCUT2D eigenvalue weighted by Crippen LogP contribution is 2.39. The van der Waals surface area contributed by atoms with Crippen molar-refractivity contribution in [2.45, 2.75) is 61.3 Å². The molecule has 1 saturated carbocycles. The number of rotatable bonds is 4. The summed E-state index contributed by atoms with van der Waals surface area (Å²) in [6.45, 7) is 0.886. The summed E-state index contributed by atoms with van der Waals surface area (Å²) in [5.74, 6) is 0. The minimum Gasteiger partial charge on any atom is -0.338 e. The van der Waals surface area contributed by atoms with Gasteiger partial charge < -0.3 is 4.90 Å². The summed E-state index contributed by atoms with van der Waals surface area (Å²) in [6, 6.07) is 4.40. The van der Waals surface area contributed by atoms with E-state index >= 15 is 0 Å². The molecule has 1 aliphatic carbocycles. The van der Waals surface area contributed by atoms with E-state index in [1.54, 1.807) is 0 Å². The molecule has 3 nitrogen and oxygen atoms in total. The summed E-state index contributed by atoms with van der Waals surface area (Å²) < 4.78 is 0. The lowest BCUT2D eigenvalue weighted by Gasteiger charge is -2.25. The Morgan fingerprint density at radius 2 is 2.05 bits per heavy atom. The van der Waals surface area contributed by atoms with Gasteiger partial charge in [-0.1, -0.05) is 25.3 Å². The number of carbonyl (C=O) groups excluding carboxylic acids is 1. The number of aromatic nitrogens is 1. The number of hydrogen-bond donors (Lipinski definition) is 0. The number of likely N-dealkylation sites (tertiary alicyclic amines) is 1. The molecule has 0 radical (unpaired) electrons. The maximum absolute atomic E-state index is 11.2. The molecule has 1 saturated heterocycles. The first-order chi connectivity index (χ1) is 9.88. The second kappa shape index (κ2) is 6.61. The molecule has 2 fully saturated rings. The first-order valence-corrected chi connectivity index (χ1v) is 8.59. The summed E-state index contributed by atoms with van der Waals surface area (Å²) in [4.78, 5) is 17.7. The minimum absolute atomic E-state index is 0.243. The number of amides is 1. The molecule has 1 aromatic heterocycles. The number of thioether (sulfide) groups is 1. The van der Waals surface area contributed by atoms with E-state index in [1.165, 1.54) is 37.7 Å². The van der Waals surface area contributed by atoms with Gasteiger partial charge >= 0.3 is 0 Å². The van der Waals surface area contributed by atoms with E-state index in [9.17, 15) is 4.79 Å². The Bertz CT molecular complexity index is 460. The van der Waals surface area contributed by atoms with Gasteiger partial charge in [0.15, 0.2) is 0 Å². The second-order valence-electron chi connectivity index (χ2n) is 5.78. The Hall–Kier alpha value is -1.03. The Morgan fingerprint density at radius 3 is 2.85 bits per heavy atom. The van der Waals surface area contributed by atoms with E-state index in [0.717, 1.165) is 30.8 Å². The topological polar surface area (TPSA) is 33.2 Å². The zero-order valence-electron chi connectivity index (χ0n) is 11.8. The molecule has 3 rings (SSSR count). The van der Waals surface area contributed by atoms with Gasteiger partial charge in [0.25, 0.3) is 0 Å². The van der Waals surface area contributed by atoms with Gasteiger partial charge in [-0.05, 0) is 31.7 Å². The number of carbonyl (C=O) groups is 1. The van der Waals surface area contributed by atoms with Crippen LogP contribution < -0.4 is 0 Å². The van der Waals surface area contributed by atoms with Crippen molar-refractivity contribution in [3.8, 4) is 0 Å². The monoisotopic (exact) mass is 290 g/mol. The van der Waals surface area contributed by atoms with Crippen LogP contribution in [0.2, 0.25) is 0 Å². The summed E-state index contributed by atoms with van der Waals surface area (Å²) in [7, 11) is 0. The van der Waals surface area contributed by atoms with Gasteiger partial charge in [-0.2, -0.15) is 0 Å². The Balaban J connectivity index is 1.78. The smallest absolute Gasteiger partial charge is 0.210 e. The third-order valence-corrected chi connectivity index (χ3v) is 5.79. The van der Waals surface area contributed by atoms with Crippen LogP contribution in [-0.2, 0) is 4.79 Å². The molecular formula is C16H22N2OS. The fourth-order valence-corrected chi connectivity index (χ4v) is 4.69. The molecule has 1 amide bonds. The van der Waals surface area contributed by atoms with Crippen molar-refractivity contribution in [2.24, 2.45) is 0 Å². The Morgan fingerprint density at radius 1 is 1.20 bits per heavy atom. The van der Waals surface area contributed by atoms with E-state index in [4.69, 9.17) is 0 Å². The zero-order chi connectivity index (χ0) is 13.8. The number of pyridine rings is 1. The van der Waals surface area contributed by atoms with Crippen LogP contribution in [0.1, 0.15) is 56.6 Å². The fraction of sp³-hybridized carbons (Fsp3) is 0.625. The molecule has 4 heteroatoms. The van der Waals surface area contributed by atoms with Crippen molar-refractivity contribution in [2.75, 3.05) is 6.54 Å². The lowest BCUT2D eigenvalue weighted by Crippen LogP contribution is -2.22. The normalized spacial score (nSPS) is 24.0. The van der Waals surface area contributed by atoms with Crippen molar-refractivity contribution in [3.63, 3.8) is 0 Å². The van der Waals surface area contributed by atoms with Crippen LogP contribution in [0.4, 0.5) is 0 Å². The molecule has 0 N–H and O–H groups in total. The molecule has 1 aromatic rings. The van der Waals surface area contributed by atoms with Crippen LogP contribution in [0, 0.1) is 0 Å². The van der Waals surface area contributed by atoms with E-state index < -0.39 is 0 Å². The standard InChI is InChI=1S/C16H22N2OS/c19-12-18-11-5-9-15(18)14-8-4-10-17-16(14)20-13-6-2-1-3-7-13/h4,8,10,12-13,15H,1-3,5-7,9,11H2/t15-/m1/s1. The average Bonchev–Trinajstić information content (AvgIpc) is 2.97. The SMILES string of the molecule is O=CN1CCC[C@@H]1c1cccnc1SC1CCCCC1. The quantitative estimate of drug-likeness (QED) is 0.791. The zero-order valence-corrected chi connectivity index (χ0v) is 12.6. The summed E-state index contributed by atoms with van der Waals surface area (Å²) in [5.41, 5.74) is 1.26. The largest absolute Gasteiger partial charge is 0.338 e. The molecule has 1 atom stereocenters.